The number of amides is 1. The lowest BCUT2D eigenvalue weighted by Gasteiger charge is -2.24. The lowest BCUT2D eigenvalue weighted by Crippen LogP contribution is -2.43. The molecule has 1 aromatic carbocycles. The van der Waals surface area contributed by atoms with Crippen molar-refractivity contribution in [3.05, 3.63) is 29.3 Å². The van der Waals surface area contributed by atoms with Gasteiger partial charge in [-0.15, -0.1) is 10.2 Å². The van der Waals surface area contributed by atoms with Gasteiger partial charge in [-0.1, -0.05) is 36.1 Å². The van der Waals surface area contributed by atoms with E-state index in [2.05, 4.69) is 53.7 Å². The fraction of sp³-hybridized carbons (Fsp3) is 0.471. The SMILES string of the molecule is CCC(C)(C)NC(=O)CSc1nnc(Nc2ccc(C)c(C)c2)s1. The maximum absolute atomic E-state index is 12.0. The van der Waals surface area contributed by atoms with Crippen molar-refractivity contribution in [1.29, 1.82) is 0 Å². The highest BCUT2D eigenvalue weighted by molar-refractivity contribution is 8.01. The fourth-order valence-corrected chi connectivity index (χ4v) is 3.46. The molecule has 5 nitrogen and oxygen atoms in total. The average molecular weight is 365 g/mol. The van der Waals surface area contributed by atoms with Gasteiger partial charge in [-0.2, -0.15) is 0 Å². The quantitative estimate of drug-likeness (QED) is 0.717. The van der Waals surface area contributed by atoms with Gasteiger partial charge in [-0.25, -0.2) is 0 Å². The lowest BCUT2D eigenvalue weighted by atomic mass is 10.0. The van der Waals surface area contributed by atoms with Gasteiger partial charge in [-0.3, -0.25) is 4.79 Å². The first-order valence-corrected chi connectivity index (χ1v) is 9.71. The zero-order valence-corrected chi connectivity index (χ0v) is 16.4. The van der Waals surface area contributed by atoms with E-state index in [1.165, 1.54) is 34.2 Å². The molecule has 0 aliphatic heterocycles. The number of nitrogens with one attached hydrogen (secondary N) is 2. The minimum Gasteiger partial charge on any atom is -0.351 e. The average Bonchev–Trinajstić information content (AvgIpc) is 2.96. The second-order valence-electron chi connectivity index (χ2n) is 6.37. The minimum absolute atomic E-state index is 0.0192. The van der Waals surface area contributed by atoms with Crippen molar-refractivity contribution in [2.75, 3.05) is 11.1 Å². The van der Waals surface area contributed by atoms with Crippen LogP contribution in [0.15, 0.2) is 22.5 Å². The van der Waals surface area contributed by atoms with Gasteiger partial charge in [0.2, 0.25) is 11.0 Å². The lowest BCUT2D eigenvalue weighted by molar-refractivity contribution is -0.120. The molecule has 0 saturated carbocycles. The van der Waals surface area contributed by atoms with Gasteiger partial charge in [0.1, 0.15) is 0 Å². The smallest absolute Gasteiger partial charge is 0.230 e. The molecule has 0 fully saturated rings. The van der Waals surface area contributed by atoms with Crippen molar-refractivity contribution >= 4 is 39.8 Å². The van der Waals surface area contributed by atoms with E-state index in [1.54, 1.807) is 0 Å². The van der Waals surface area contributed by atoms with E-state index in [9.17, 15) is 4.79 Å². The highest BCUT2D eigenvalue weighted by Gasteiger charge is 2.18. The molecule has 0 spiro atoms. The molecular formula is C17H24N4OS2. The van der Waals surface area contributed by atoms with Crippen LogP contribution in [0.3, 0.4) is 0 Å². The van der Waals surface area contributed by atoms with Crippen molar-refractivity contribution in [3.8, 4) is 0 Å². The summed E-state index contributed by atoms with van der Waals surface area (Å²) in [7, 11) is 0. The number of nitrogens with zero attached hydrogens (tertiary/aromatic N) is 2. The van der Waals surface area contributed by atoms with Crippen molar-refractivity contribution in [2.24, 2.45) is 0 Å². The second kappa shape index (κ2) is 7.98. The highest BCUT2D eigenvalue weighted by atomic mass is 32.2. The number of hydrogen-bond donors (Lipinski definition) is 2. The van der Waals surface area contributed by atoms with Crippen molar-refractivity contribution in [3.63, 3.8) is 0 Å². The van der Waals surface area contributed by atoms with E-state index in [0.717, 1.165) is 21.6 Å². The maximum atomic E-state index is 12.0. The predicted molar refractivity (Wildman–Crippen MR) is 102 cm³/mol. The Balaban J connectivity index is 1.89. The van der Waals surface area contributed by atoms with Crippen LogP contribution in [0, 0.1) is 13.8 Å². The summed E-state index contributed by atoms with van der Waals surface area (Å²) in [6.07, 6.45) is 0.895. The van der Waals surface area contributed by atoms with Crippen molar-refractivity contribution in [2.45, 2.75) is 50.9 Å². The molecule has 1 heterocycles. The van der Waals surface area contributed by atoms with Gasteiger partial charge >= 0.3 is 0 Å². The molecule has 0 saturated heterocycles. The molecule has 0 aliphatic rings. The molecule has 2 rings (SSSR count). The summed E-state index contributed by atoms with van der Waals surface area (Å²) in [5, 5.41) is 15.3. The Morgan fingerprint density at radius 3 is 2.67 bits per heavy atom. The topological polar surface area (TPSA) is 66.9 Å². The van der Waals surface area contributed by atoms with E-state index in [4.69, 9.17) is 0 Å². The van der Waals surface area contributed by atoms with Crippen molar-refractivity contribution < 1.29 is 4.79 Å². The number of thioether (sulfide) groups is 1. The summed E-state index contributed by atoms with van der Waals surface area (Å²) in [6.45, 7) is 10.3. The Labute approximate surface area is 151 Å². The Kier molecular flexibility index (Phi) is 6.23. The number of hydrogen-bond acceptors (Lipinski definition) is 6. The largest absolute Gasteiger partial charge is 0.351 e. The molecule has 0 unspecified atom stereocenters. The first kappa shape index (κ1) is 18.7. The Bertz CT molecular complexity index is 712. The van der Waals surface area contributed by atoms with E-state index in [-0.39, 0.29) is 11.4 Å². The Hall–Kier alpha value is -1.60. The normalized spacial score (nSPS) is 11.4. The summed E-state index contributed by atoms with van der Waals surface area (Å²) < 4.78 is 0.783. The van der Waals surface area contributed by atoms with E-state index >= 15 is 0 Å². The number of rotatable bonds is 7. The highest BCUT2D eigenvalue weighted by Crippen LogP contribution is 2.28. The second-order valence-corrected chi connectivity index (χ2v) is 8.57. The summed E-state index contributed by atoms with van der Waals surface area (Å²) in [5.74, 6) is 0.368. The molecule has 24 heavy (non-hydrogen) atoms. The summed E-state index contributed by atoms with van der Waals surface area (Å²) in [6, 6.07) is 6.19. The van der Waals surface area contributed by atoms with Crippen LogP contribution >= 0.6 is 23.1 Å². The van der Waals surface area contributed by atoms with E-state index < -0.39 is 0 Å². The first-order valence-electron chi connectivity index (χ1n) is 7.90. The standard InChI is InChI=1S/C17H24N4OS2/c1-6-17(4,5)19-14(22)10-23-16-21-20-15(24-16)18-13-8-7-11(2)12(3)9-13/h7-9H,6,10H2,1-5H3,(H,18,20)(H,19,22). The van der Waals surface area contributed by atoms with Gasteiger partial charge in [0, 0.05) is 11.2 Å². The maximum Gasteiger partial charge on any atom is 0.230 e. The molecule has 0 bridgehead atoms. The number of anilines is 2. The Morgan fingerprint density at radius 1 is 1.25 bits per heavy atom. The zero-order valence-electron chi connectivity index (χ0n) is 14.8. The first-order chi connectivity index (χ1) is 11.3. The third kappa shape index (κ3) is 5.49. The molecule has 0 atom stereocenters. The molecule has 2 aromatic rings. The molecule has 7 heteroatoms. The summed E-state index contributed by atoms with van der Waals surface area (Å²) >= 11 is 2.86. The van der Waals surface area contributed by atoms with Crippen LogP contribution in [0.2, 0.25) is 0 Å². The summed E-state index contributed by atoms with van der Waals surface area (Å²) in [5.41, 5.74) is 3.31. The predicted octanol–water partition coefficient (Wildman–Crippen LogP) is 4.30. The summed E-state index contributed by atoms with van der Waals surface area (Å²) in [4.78, 5) is 12.0. The van der Waals surface area contributed by atoms with Gasteiger partial charge < -0.3 is 10.6 Å². The molecule has 130 valence electrons. The van der Waals surface area contributed by atoms with Gasteiger partial charge in [0.15, 0.2) is 4.34 Å². The van der Waals surface area contributed by atoms with Crippen LogP contribution in [0.25, 0.3) is 0 Å². The van der Waals surface area contributed by atoms with Gasteiger partial charge in [0.05, 0.1) is 5.75 Å². The molecular weight excluding hydrogens is 340 g/mol. The van der Waals surface area contributed by atoms with Crippen LogP contribution in [0.5, 0.6) is 0 Å². The molecule has 2 N–H and O–H groups in total. The van der Waals surface area contributed by atoms with Crippen LogP contribution in [-0.4, -0.2) is 27.4 Å². The molecule has 1 amide bonds. The van der Waals surface area contributed by atoms with E-state index in [0.29, 0.717) is 5.75 Å². The molecule has 1 aromatic heterocycles. The Morgan fingerprint density at radius 2 is 2.00 bits per heavy atom. The molecule has 0 radical (unpaired) electrons. The number of carbonyl (C=O) groups excluding carboxylic acids is 1. The van der Waals surface area contributed by atoms with Crippen LogP contribution in [0.1, 0.15) is 38.3 Å². The number of aryl methyl sites for hydroxylation is 2. The monoisotopic (exact) mass is 364 g/mol. The number of aromatic nitrogens is 2. The van der Waals surface area contributed by atoms with Gasteiger partial charge in [0.25, 0.3) is 0 Å². The van der Waals surface area contributed by atoms with Crippen molar-refractivity contribution in [1.82, 2.24) is 15.5 Å². The molecule has 0 aliphatic carbocycles. The third-order valence-corrected chi connectivity index (χ3v) is 5.83. The minimum atomic E-state index is -0.172. The van der Waals surface area contributed by atoms with E-state index in [1.807, 2.05) is 19.9 Å². The number of carbonyl (C=O) groups is 1. The van der Waals surface area contributed by atoms with Crippen LogP contribution in [-0.2, 0) is 4.79 Å². The van der Waals surface area contributed by atoms with Gasteiger partial charge in [-0.05, 0) is 57.4 Å². The van der Waals surface area contributed by atoms with Crippen LogP contribution < -0.4 is 10.6 Å². The van der Waals surface area contributed by atoms with Crippen LogP contribution in [0.4, 0.5) is 10.8 Å². The fourth-order valence-electron chi connectivity index (χ4n) is 1.89. The zero-order chi connectivity index (χ0) is 17.7. The number of benzene rings is 1. The third-order valence-electron chi connectivity index (χ3n) is 3.85.